The van der Waals surface area contributed by atoms with Crippen molar-refractivity contribution in [1.82, 2.24) is 4.72 Å². The molecule has 2 atom stereocenters. The molecule has 3 N–H and O–H groups in total. The maximum atomic E-state index is 12.5. The Kier molecular flexibility index (Phi) is 4.72. The zero-order chi connectivity index (χ0) is 15.7. The van der Waals surface area contributed by atoms with Gasteiger partial charge in [0.2, 0.25) is 10.0 Å². The van der Waals surface area contributed by atoms with E-state index in [-0.39, 0.29) is 22.6 Å². The number of ether oxygens (including phenoxy) is 1. The van der Waals surface area contributed by atoms with Gasteiger partial charge in [-0.3, -0.25) is 0 Å². The lowest BCUT2D eigenvalue weighted by Gasteiger charge is -2.35. The summed E-state index contributed by atoms with van der Waals surface area (Å²) < 4.78 is 33.4. The second kappa shape index (κ2) is 6.04. The average Bonchev–Trinajstić information content (AvgIpc) is 2.37. The molecule has 0 spiro atoms. The van der Waals surface area contributed by atoms with E-state index >= 15 is 0 Å². The Hall–Kier alpha value is -0.950. The van der Waals surface area contributed by atoms with Crippen molar-refractivity contribution in [2.45, 2.75) is 56.2 Å². The standard InChI is InChI=1S/C15H24N2O3S/c1-11(16)12-5-4-6-14(9-12)21(18,19)17-13-7-8-20-15(2,3)10-13/h4-6,9,11,13,17H,7-8,10,16H2,1-3H3. The molecular formula is C15H24N2O3S. The van der Waals surface area contributed by atoms with Crippen LogP contribution in [-0.4, -0.2) is 26.7 Å². The molecule has 0 amide bonds. The molecule has 1 aliphatic rings. The van der Waals surface area contributed by atoms with E-state index in [4.69, 9.17) is 10.5 Å². The van der Waals surface area contributed by atoms with Crippen LogP contribution in [-0.2, 0) is 14.8 Å². The third-order valence-electron chi connectivity index (χ3n) is 3.71. The molecule has 0 bridgehead atoms. The van der Waals surface area contributed by atoms with Crippen molar-refractivity contribution in [3.63, 3.8) is 0 Å². The normalized spacial score (nSPS) is 23.7. The minimum atomic E-state index is -3.53. The SMILES string of the molecule is CC(N)c1cccc(S(=O)(=O)NC2CCOC(C)(C)C2)c1. The highest BCUT2D eigenvalue weighted by Crippen LogP contribution is 2.25. The van der Waals surface area contributed by atoms with Gasteiger partial charge in [-0.25, -0.2) is 13.1 Å². The Morgan fingerprint density at radius 1 is 1.43 bits per heavy atom. The molecule has 0 aromatic heterocycles. The van der Waals surface area contributed by atoms with Gasteiger partial charge in [0, 0.05) is 18.7 Å². The molecule has 1 saturated heterocycles. The van der Waals surface area contributed by atoms with Crippen LogP contribution in [0, 0.1) is 0 Å². The van der Waals surface area contributed by atoms with Crippen LogP contribution < -0.4 is 10.5 Å². The summed E-state index contributed by atoms with van der Waals surface area (Å²) in [7, 11) is -3.53. The largest absolute Gasteiger partial charge is 0.375 e. The summed E-state index contributed by atoms with van der Waals surface area (Å²) in [5, 5.41) is 0. The summed E-state index contributed by atoms with van der Waals surface area (Å²) in [6.45, 7) is 6.36. The van der Waals surface area contributed by atoms with Crippen LogP contribution >= 0.6 is 0 Å². The number of nitrogens with two attached hydrogens (primary N) is 1. The van der Waals surface area contributed by atoms with Gasteiger partial charge in [-0.2, -0.15) is 0 Å². The fourth-order valence-corrected chi connectivity index (χ4v) is 3.91. The lowest BCUT2D eigenvalue weighted by molar-refractivity contribution is -0.0599. The third-order valence-corrected chi connectivity index (χ3v) is 5.23. The van der Waals surface area contributed by atoms with E-state index in [1.165, 1.54) is 0 Å². The fraction of sp³-hybridized carbons (Fsp3) is 0.600. The lowest BCUT2D eigenvalue weighted by atomic mass is 9.95. The Balaban J connectivity index is 2.17. The van der Waals surface area contributed by atoms with Gasteiger partial charge in [0.15, 0.2) is 0 Å². The summed E-state index contributed by atoms with van der Waals surface area (Å²) in [4.78, 5) is 0.265. The topological polar surface area (TPSA) is 81.4 Å². The summed E-state index contributed by atoms with van der Waals surface area (Å²) in [6, 6.07) is 6.50. The zero-order valence-corrected chi connectivity index (χ0v) is 13.6. The number of hydrogen-bond acceptors (Lipinski definition) is 4. The number of sulfonamides is 1. The Morgan fingerprint density at radius 3 is 2.76 bits per heavy atom. The van der Waals surface area contributed by atoms with Crippen molar-refractivity contribution >= 4 is 10.0 Å². The van der Waals surface area contributed by atoms with Crippen LogP contribution in [0.15, 0.2) is 29.2 Å². The van der Waals surface area contributed by atoms with E-state index in [0.717, 1.165) is 5.56 Å². The monoisotopic (exact) mass is 312 g/mol. The molecule has 5 nitrogen and oxygen atoms in total. The van der Waals surface area contributed by atoms with Gasteiger partial charge in [0.1, 0.15) is 0 Å². The number of rotatable bonds is 4. The van der Waals surface area contributed by atoms with Crippen LogP contribution in [0.5, 0.6) is 0 Å². The van der Waals surface area contributed by atoms with Crippen molar-refractivity contribution in [2.75, 3.05) is 6.61 Å². The molecule has 0 radical (unpaired) electrons. The van der Waals surface area contributed by atoms with Gasteiger partial charge in [0.25, 0.3) is 0 Å². The van der Waals surface area contributed by atoms with E-state index in [1.54, 1.807) is 18.2 Å². The van der Waals surface area contributed by atoms with Crippen LogP contribution in [0.4, 0.5) is 0 Å². The highest BCUT2D eigenvalue weighted by atomic mass is 32.2. The van der Waals surface area contributed by atoms with Crippen molar-refractivity contribution in [3.8, 4) is 0 Å². The first-order chi connectivity index (χ1) is 9.70. The first kappa shape index (κ1) is 16.4. The smallest absolute Gasteiger partial charge is 0.240 e. The molecule has 1 aromatic carbocycles. The fourth-order valence-electron chi connectivity index (χ4n) is 2.58. The van der Waals surface area contributed by atoms with Crippen molar-refractivity contribution in [1.29, 1.82) is 0 Å². The second-order valence-corrected chi connectivity index (χ2v) is 7.99. The van der Waals surface area contributed by atoms with Crippen molar-refractivity contribution in [2.24, 2.45) is 5.73 Å². The molecule has 1 fully saturated rings. The minimum absolute atomic E-state index is 0.0993. The molecule has 2 rings (SSSR count). The van der Waals surface area contributed by atoms with Gasteiger partial charge in [0.05, 0.1) is 10.5 Å². The van der Waals surface area contributed by atoms with Gasteiger partial charge < -0.3 is 10.5 Å². The zero-order valence-electron chi connectivity index (χ0n) is 12.8. The Labute approximate surface area is 126 Å². The third kappa shape index (κ3) is 4.26. The molecule has 6 heteroatoms. The van der Waals surface area contributed by atoms with E-state index < -0.39 is 10.0 Å². The maximum Gasteiger partial charge on any atom is 0.240 e. The molecule has 1 aliphatic heterocycles. The molecule has 0 saturated carbocycles. The summed E-state index contributed by atoms with van der Waals surface area (Å²) in [5.41, 5.74) is 6.33. The first-order valence-corrected chi connectivity index (χ1v) is 8.70. The van der Waals surface area contributed by atoms with Gasteiger partial charge >= 0.3 is 0 Å². The second-order valence-electron chi connectivity index (χ2n) is 6.28. The van der Waals surface area contributed by atoms with E-state index in [0.29, 0.717) is 19.4 Å². The molecule has 1 aromatic rings. The van der Waals surface area contributed by atoms with Gasteiger partial charge in [-0.05, 0) is 51.3 Å². The lowest BCUT2D eigenvalue weighted by Crippen LogP contribution is -2.45. The number of hydrogen-bond donors (Lipinski definition) is 2. The predicted octanol–water partition coefficient (Wildman–Crippen LogP) is 1.94. The maximum absolute atomic E-state index is 12.5. The number of nitrogens with one attached hydrogen (secondary N) is 1. The highest BCUT2D eigenvalue weighted by molar-refractivity contribution is 7.89. The highest BCUT2D eigenvalue weighted by Gasteiger charge is 2.31. The van der Waals surface area contributed by atoms with Crippen molar-refractivity contribution in [3.05, 3.63) is 29.8 Å². The minimum Gasteiger partial charge on any atom is -0.375 e. The summed E-state index contributed by atoms with van der Waals surface area (Å²) in [5.74, 6) is 0. The molecule has 118 valence electrons. The molecule has 2 unspecified atom stereocenters. The van der Waals surface area contributed by atoms with E-state index in [1.807, 2.05) is 26.8 Å². The van der Waals surface area contributed by atoms with Crippen LogP contribution in [0.25, 0.3) is 0 Å². The van der Waals surface area contributed by atoms with Crippen molar-refractivity contribution < 1.29 is 13.2 Å². The Morgan fingerprint density at radius 2 is 2.14 bits per heavy atom. The number of benzene rings is 1. The molecule has 0 aliphatic carbocycles. The van der Waals surface area contributed by atoms with Crippen LogP contribution in [0.3, 0.4) is 0 Å². The van der Waals surface area contributed by atoms with E-state index in [2.05, 4.69) is 4.72 Å². The molecule has 1 heterocycles. The molecule has 21 heavy (non-hydrogen) atoms. The predicted molar refractivity (Wildman–Crippen MR) is 82.4 cm³/mol. The quantitative estimate of drug-likeness (QED) is 0.890. The summed E-state index contributed by atoms with van der Waals surface area (Å²) >= 11 is 0. The van der Waals surface area contributed by atoms with Crippen LogP contribution in [0.2, 0.25) is 0 Å². The Bertz CT molecular complexity index is 597. The summed E-state index contributed by atoms with van der Waals surface area (Å²) in [6.07, 6.45) is 1.36. The molecular weight excluding hydrogens is 288 g/mol. The first-order valence-electron chi connectivity index (χ1n) is 7.21. The van der Waals surface area contributed by atoms with Gasteiger partial charge in [-0.1, -0.05) is 12.1 Å². The van der Waals surface area contributed by atoms with Crippen LogP contribution in [0.1, 0.15) is 45.2 Å². The van der Waals surface area contributed by atoms with Gasteiger partial charge in [-0.15, -0.1) is 0 Å². The van der Waals surface area contributed by atoms with E-state index in [9.17, 15) is 8.42 Å². The average molecular weight is 312 g/mol.